The molecule has 0 atom stereocenters. The molecule has 0 amide bonds. The molecule has 5 nitrogen and oxygen atoms in total. The number of para-hydroxylation sites is 1. The Hall–Kier alpha value is -5.16. The summed E-state index contributed by atoms with van der Waals surface area (Å²) in [7, 11) is 0. The summed E-state index contributed by atoms with van der Waals surface area (Å²) in [5.41, 5.74) is 9.36. The van der Waals surface area contributed by atoms with Crippen molar-refractivity contribution in [2.45, 2.75) is 40.0 Å². The molecular weight excluding hydrogens is 528 g/mol. The van der Waals surface area contributed by atoms with Gasteiger partial charge in [-0.05, 0) is 84.0 Å². The molecule has 0 fully saturated rings. The zero-order chi connectivity index (χ0) is 29.5. The van der Waals surface area contributed by atoms with Crippen LogP contribution in [0.1, 0.15) is 43.4 Å². The Morgan fingerprint density at radius 3 is 2.47 bits per heavy atom. The van der Waals surface area contributed by atoms with Gasteiger partial charge in [-0.25, -0.2) is 9.67 Å². The highest BCUT2D eigenvalue weighted by Crippen LogP contribution is 2.36. The Morgan fingerprint density at radius 2 is 1.60 bits per heavy atom. The van der Waals surface area contributed by atoms with Gasteiger partial charge in [0.05, 0.1) is 22.9 Å². The van der Waals surface area contributed by atoms with Gasteiger partial charge in [-0.2, -0.15) is 5.10 Å². The first-order valence-electron chi connectivity index (χ1n) is 14.9. The lowest BCUT2D eigenvalue weighted by Gasteiger charge is -2.12. The molecule has 0 aliphatic heterocycles. The number of pyridine rings is 1. The van der Waals surface area contributed by atoms with Crippen LogP contribution < -0.4 is 4.74 Å². The normalized spacial score (nSPS) is 11.6. The molecule has 212 valence electrons. The molecule has 43 heavy (non-hydrogen) atoms. The third kappa shape index (κ3) is 4.87. The van der Waals surface area contributed by atoms with Gasteiger partial charge in [-0.1, -0.05) is 63.2 Å². The zero-order valence-corrected chi connectivity index (χ0v) is 25.0. The third-order valence-electron chi connectivity index (χ3n) is 8.24. The molecule has 3 heterocycles. The van der Waals surface area contributed by atoms with Gasteiger partial charge < -0.3 is 4.74 Å². The molecule has 7 rings (SSSR count). The fraction of sp³-hybridized carbons (Fsp3) is 0.158. The van der Waals surface area contributed by atoms with Crippen molar-refractivity contribution in [2.75, 3.05) is 0 Å². The van der Waals surface area contributed by atoms with E-state index in [-0.39, 0.29) is 0 Å². The molecular formula is C38H34N4O. The van der Waals surface area contributed by atoms with Crippen LogP contribution in [0, 0.1) is 6.92 Å². The largest absolute Gasteiger partial charge is 0.457 e. The molecule has 7 aromatic rings. The third-order valence-corrected chi connectivity index (χ3v) is 8.24. The summed E-state index contributed by atoms with van der Waals surface area (Å²) in [6, 6.07) is 33.6. The van der Waals surface area contributed by atoms with E-state index in [1.807, 2.05) is 41.3 Å². The predicted molar refractivity (Wildman–Crippen MR) is 176 cm³/mol. The number of benzene rings is 4. The van der Waals surface area contributed by atoms with Crippen LogP contribution in [-0.4, -0.2) is 19.3 Å². The van der Waals surface area contributed by atoms with Gasteiger partial charge in [-0.3, -0.25) is 4.57 Å². The van der Waals surface area contributed by atoms with Crippen LogP contribution in [-0.2, 0) is 6.42 Å². The van der Waals surface area contributed by atoms with Crippen LogP contribution in [0.3, 0.4) is 0 Å². The topological polar surface area (TPSA) is 44.9 Å². The zero-order valence-electron chi connectivity index (χ0n) is 25.0. The summed E-state index contributed by atoms with van der Waals surface area (Å²) >= 11 is 0. The van der Waals surface area contributed by atoms with E-state index in [2.05, 4.69) is 111 Å². The molecule has 5 heteroatoms. The van der Waals surface area contributed by atoms with E-state index >= 15 is 0 Å². The van der Waals surface area contributed by atoms with Gasteiger partial charge >= 0.3 is 0 Å². The van der Waals surface area contributed by atoms with Gasteiger partial charge in [0.2, 0.25) is 0 Å². The highest BCUT2D eigenvalue weighted by Gasteiger charge is 2.15. The smallest absolute Gasteiger partial charge is 0.137 e. The lowest BCUT2D eigenvalue weighted by molar-refractivity contribution is 0.483. The van der Waals surface area contributed by atoms with Crippen LogP contribution in [0.4, 0.5) is 0 Å². The van der Waals surface area contributed by atoms with Crippen LogP contribution in [0.2, 0.25) is 0 Å². The summed E-state index contributed by atoms with van der Waals surface area (Å²) in [5, 5.41) is 7.07. The lowest BCUT2D eigenvalue weighted by Crippen LogP contribution is -1.99. The van der Waals surface area contributed by atoms with E-state index in [9.17, 15) is 0 Å². The highest BCUT2D eigenvalue weighted by molar-refractivity contribution is 6.09. The average molecular weight is 563 g/mol. The molecule has 0 aliphatic carbocycles. The number of nitrogens with zero attached hydrogens (tertiary/aromatic N) is 4. The van der Waals surface area contributed by atoms with Crippen molar-refractivity contribution < 1.29 is 4.74 Å². The number of rotatable bonds is 7. The van der Waals surface area contributed by atoms with Crippen LogP contribution in [0.5, 0.6) is 11.5 Å². The Bertz CT molecular complexity index is 2100. The lowest BCUT2D eigenvalue weighted by atomic mass is 9.96. The summed E-state index contributed by atoms with van der Waals surface area (Å²) in [4.78, 5) is 4.78. The molecule has 0 radical (unpaired) electrons. The first kappa shape index (κ1) is 26.7. The number of aryl methyl sites for hydroxylation is 2. The first-order valence-corrected chi connectivity index (χ1v) is 14.9. The van der Waals surface area contributed by atoms with Gasteiger partial charge in [0, 0.05) is 40.9 Å². The van der Waals surface area contributed by atoms with E-state index in [4.69, 9.17) is 14.8 Å². The minimum Gasteiger partial charge on any atom is -0.457 e. The number of hydrogen-bond donors (Lipinski definition) is 0. The van der Waals surface area contributed by atoms with E-state index in [0.717, 1.165) is 46.0 Å². The van der Waals surface area contributed by atoms with Crippen molar-refractivity contribution in [1.82, 2.24) is 19.3 Å². The maximum absolute atomic E-state index is 6.47. The van der Waals surface area contributed by atoms with E-state index < -0.39 is 0 Å². The molecule has 0 aliphatic rings. The Morgan fingerprint density at radius 1 is 0.791 bits per heavy atom. The van der Waals surface area contributed by atoms with Crippen molar-refractivity contribution in [2.24, 2.45) is 0 Å². The van der Waals surface area contributed by atoms with E-state index in [0.29, 0.717) is 5.92 Å². The second-order valence-corrected chi connectivity index (χ2v) is 11.4. The molecule has 0 spiro atoms. The highest BCUT2D eigenvalue weighted by atomic mass is 16.5. The molecule has 3 aromatic heterocycles. The van der Waals surface area contributed by atoms with Crippen molar-refractivity contribution >= 4 is 21.8 Å². The summed E-state index contributed by atoms with van der Waals surface area (Å²) < 4.78 is 10.6. The minimum atomic E-state index is 0.414. The minimum absolute atomic E-state index is 0.414. The van der Waals surface area contributed by atoms with Gasteiger partial charge in [0.1, 0.15) is 17.3 Å². The molecule has 0 bridgehead atoms. The molecule has 0 N–H and O–H groups in total. The van der Waals surface area contributed by atoms with E-state index in [1.54, 1.807) is 0 Å². The van der Waals surface area contributed by atoms with Crippen LogP contribution in [0.15, 0.2) is 116 Å². The van der Waals surface area contributed by atoms with Crippen molar-refractivity contribution in [1.29, 1.82) is 0 Å². The van der Waals surface area contributed by atoms with E-state index in [1.165, 1.54) is 33.0 Å². The Labute approximate surface area is 252 Å². The van der Waals surface area contributed by atoms with Crippen LogP contribution >= 0.6 is 0 Å². The fourth-order valence-corrected chi connectivity index (χ4v) is 6.03. The predicted octanol–water partition coefficient (Wildman–Crippen LogP) is 9.82. The monoisotopic (exact) mass is 562 g/mol. The number of fused-ring (bicyclic) bond motifs is 3. The number of ether oxygens (including phenoxy) is 1. The number of hydrogen-bond acceptors (Lipinski definition) is 3. The molecule has 0 saturated carbocycles. The van der Waals surface area contributed by atoms with Crippen molar-refractivity contribution in [3.63, 3.8) is 0 Å². The Kier molecular flexibility index (Phi) is 6.78. The average Bonchev–Trinajstić information content (AvgIpc) is 3.64. The summed E-state index contributed by atoms with van der Waals surface area (Å²) in [6.07, 6.45) is 6.93. The molecule has 0 unspecified atom stereocenters. The second-order valence-electron chi connectivity index (χ2n) is 11.4. The fourth-order valence-electron chi connectivity index (χ4n) is 6.03. The molecule has 0 saturated heterocycles. The van der Waals surface area contributed by atoms with Crippen molar-refractivity contribution in [3.8, 4) is 34.1 Å². The first-order chi connectivity index (χ1) is 21.0. The summed E-state index contributed by atoms with van der Waals surface area (Å²) in [5.74, 6) is 2.84. The maximum atomic E-state index is 6.47. The molecule has 4 aromatic carbocycles. The quantitative estimate of drug-likeness (QED) is 0.194. The van der Waals surface area contributed by atoms with Crippen molar-refractivity contribution in [3.05, 3.63) is 132 Å². The number of aromatic nitrogens is 4. The Balaban J connectivity index is 1.25. The standard InChI is InChI=1S/C38H34N4O/c1-5-27-11-8-10-26(4)38(27)29-23-40-41(24-29)30-12-9-13-31(21-30)43-32-16-17-34-33-14-6-7-15-35(33)42(36(34)22-32)37-20-28(25(2)3)18-19-39-37/h6-25H,5H2,1-4H3. The second kappa shape index (κ2) is 10.9. The van der Waals surface area contributed by atoms with Gasteiger partial charge in [-0.15, -0.1) is 0 Å². The SMILES string of the molecule is CCc1cccc(C)c1-c1cnn(-c2cccc(Oc3ccc4c5ccccc5n(-c5cc(C(C)C)ccn5)c4c3)c2)c1. The van der Waals surface area contributed by atoms with Crippen LogP contribution in [0.25, 0.3) is 44.4 Å². The van der Waals surface area contributed by atoms with Gasteiger partial charge in [0.25, 0.3) is 0 Å². The summed E-state index contributed by atoms with van der Waals surface area (Å²) in [6.45, 7) is 8.77. The maximum Gasteiger partial charge on any atom is 0.137 e. The van der Waals surface area contributed by atoms with Gasteiger partial charge in [0.15, 0.2) is 0 Å².